The Kier molecular flexibility index (Phi) is 4.12. The highest BCUT2D eigenvalue weighted by atomic mass is 35.5. The summed E-state index contributed by atoms with van der Waals surface area (Å²) >= 11 is 7.69. The molecule has 1 aliphatic rings. The normalized spacial score (nSPS) is 13.2. The third-order valence-corrected chi connectivity index (χ3v) is 4.38. The monoisotopic (exact) mass is 325 g/mol. The van der Waals surface area contributed by atoms with Crippen molar-refractivity contribution in [3.8, 4) is 11.5 Å². The molecule has 3 rings (SSSR count). The van der Waals surface area contributed by atoms with Gasteiger partial charge in [0.15, 0.2) is 11.5 Å². The van der Waals surface area contributed by atoms with Crippen LogP contribution in [-0.4, -0.2) is 13.2 Å². The van der Waals surface area contributed by atoms with Crippen molar-refractivity contribution in [3.05, 3.63) is 46.7 Å². The average molecular weight is 326 g/mol. The second kappa shape index (κ2) is 6.03. The van der Waals surface area contributed by atoms with E-state index in [1.54, 1.807) is 12.1 Å². The minimum Gasteiger partial charge on any atom is -0.486 e. The summed E-state index contributed by atoms with van der Waals surface area (Å²) in [6, 6.07) is 8.54. The molecular weight excluding hydrogens is 313 g/mol. The van der Waals surface area contributed by atoms with E-state index >= 15 is 0 Å². The lowest BCUT2D eigenvalue weighted by molar-refractivity contribution is 0.171. The number of thioether (sulfide) groups is 1. The molecule has 0 radical (unpaired) electrons. The summed E-state index contributed by atoms with van der Waals surface area (Å²) in [4.78, 5) is 0.813. The zero-order valence-electron chi connectivity index (χ0n) is 11.1. The number of benzene rings is 2. The van der Waals surface area contributed by atoms with Crippen LogP contribution in [0, 0.1) is 5.82 Å². The second-order valence-corrected chi connectivity index (χ2v) is 6.03. The Bertz CT molecular complexity index is 681. The minimum absolute atomic E-state index is 0.154. The van der Waals surface area contributed by atoms with Crippen molar-refractivity contribution >= 4 is 29.1 Å². The van der Waals surface area contributed by atoms with Crippen molar-refractivity contribution in [1.29, 1.82) is 0 Å². The molecule has 0 saturated carbocycles. The van der Waals surface area contributed by atoms with Crippen molar-refractivity contribution in [2.45, 2.75) is 10.6 Å². The molecule has 0 amide bonds. The van der Waals surface area contributed by atoms with Gasteiger partial charge in [0.1, 0.15) is 19.0 Å². The molecular formula is C15H13ClFNO2S. The van der Waals surface area contributed by atoms with E-state index in [0.29, 0.717) is 35.5 Å². The topological polar surface area (TPSA) is 44.5 Å². The molecule has 2 aromatic carbocycles. The number of hydrogen-bond donors (Lipinski definition) is 1. The van der Waals surface area contributed by atoms with Crippen molar-refractivity contribution in [3.63, 3.8) is 0 Å². The number of fused-ring (bicyclic) bond motifs is 1. The summed E-state index contributed by atoms with van der Waals surface area (Å²) in [5.41, 5.74) is 6.61. The fraction of sp³-hybridized carbons (Fsp3) is 0.200. The van der Waals surface area contributed by atoms with Crippen LogP contribution < -0.4 is 15.2 Å². The molecule has 2 aromatic rings. The van der Waals surface area contributed by atoms with Gasteiger partial charge in [0.05, 0.1) is 10.7 Å². The van der Waals surface area contributed by atoms with Crippen molar-refractivity contribution in [1.82, 2.24) is 0 Å². The van der Waals surface area contributed by atoms with Gasteiger partial charge in [-0.1, -0.05) is 11.6 Å². The van der Waals surface area contributed by atoms with Crippen LogP contribution in [0.3, 0.4) is 0 Å². The van der Waals surface area contributed by atoms with Gasteiger partial charge >= 0.3 is 0 Å². The van der Waals surface area contributed by atoms with Crippen molar-refractivity contribution in [2.24, 2.45) is 0 Å². The second-order valence-electron chi connectivity index (χ2n) is 4.57. The highest BCUT2D eigenvalue weighted by Gasteiger charge is 2.16. The number of ether oxygens (including phenoxy) is 2. The zero-order valence-corrected chi connectivity index (χ0v) is 12.6. The van der Waals surface area contributed by atoms with Crippen LogP contribution in [0.1, 0.15) is 5.56 Å². The fourth-order valence-electron chi connectivity index (χ4n) is 2.01. The maximum Gasteiger partial charge on any atom is 0.179 e. The van der Waals surface area contributed by atoms with Crippen LogP contribution >= 0.6 is 23.4 Å². The summed E-state index contributed by atoms with van der Waals surface area (Å²) in [5.74, 6) is 1.50. The molecule has 1 aliphatic heterocycles. The predicted molar refractivity (Wildman–Crippen MR) is 82.8 cm³/mol. The smallest absolute Gasteiger partial charge is 0.179 e. The number of hydrogen-bond acceptors (Lipinski definition) is 4. The van der Waals surface area contributed by atoms with Crippen molar-refractivity contribution in [2.75, 3.05) is 18.9 Å². The summed E-state index contributed by atoms with van der Waals surface area (Å²) < 4.78 is 24.4. The van der Waals surface area contributed by atoms with Gasteiger partial charge in [-0.15, -0.1) is 11.8 Å². The standard InChI is InChI=1S/C15H13ClFNO2S/c16-11-5-9(6-14-15(11)20-4-3-19-14)8-21-10-1-2-13(18)12(17)7-10/h1-2,5-7H,3-4,8,18H2. The number of halogens is 2. The molecule has 0 unspecified atom stereocenters. The summed E-state index contributed by atoms with van der Waals surface area (Å²) in [6.07, 6.45) is 0. The molecule has 0 saturated heterocycles. The summed E-state index contributed by atoms with van der Waals surface area (Å²) in [6.45, 7) is 1.02. The Morgan fingerprint density at radius 3 is 2.81 bits per heavy atom. The van der Waals surface area contributed by atoms with Gasteiger partial charge in [0, 0.05) is 10.6 Å². The molecule has 0 aromatic heterocycles. The molecule has 0 fully saturated rings. The first-order chi connectivity index (χ1) is 10.1. The Hall–Kier alpha value is -1.59. The molecule has 21 heavy (non-hydrogen) atoms. The first-order valence-electron chi connectivity index (χ1n) is 6.39. The van der Waals surface area contributed by atoms with Gasteiger partial charge in [-0.3, -0.25) is 0 Å². The van der Waals surface area contributed by atoms with Crippen LogP contribution in [0.15, 0.2) is 35.2 Å². The first-order valence-corrected chi connectivity index (χ1v) is 7.75. The molecule has 1 heterocycles. The van der Waals surface area contributed by atoms with Crippen LogP contribution in [-0.2, 0) is 5.75 Å². The quantitative estimate of drug-likeness (QED) is 0.681. The number of rotatable bonds is 3. The van der Waals surface area contributed by atoms with Crippen LogP contribution in [0.4, 0.5) is 10.1 Å². The largest absolute Gasteiger partial charge is 0.486 e. The molecule has 0 aliphatic carbocycles. The Balaban J connectivity index is 1.76. The van der Waals surface area contributed by atoms with Crippen LogP contribution in [0.2, 0.25) is 5.02 Å². The highest BCUT2D eigenvalue weighted by molar-refractivity contribution is 7.98. The molecule has 3 nitrogen and oxygen atoms in total. The molecule has 0 spiro atoms. The zero-order chi connectivity index (χ0) is 14.8. The lowest BCUT2D eigenvalue weighted by Gasteiger charge is -2.20. The van der Waals surface area contributed by atoms with Gasteiger partial charge in [-0.25, -0.2) is 4.39 Å². The molecule has 0 bridgehead atoms. The molecule has 110 valence electrons. The lowest BCUT2D eigenvalue weighted by Crippen LogP contribution is -2.15. The summed E-state index contributed by atoms with van der Waals surface area (Å²) in [7, 11) is 0. The Morgan fingerprint density at radius 1 is 1.19 bits per heavy atom. The van der Waals surface area contributed by atoms with E-state index < -0.39 is 5.82 Å². The van der Waals surface area contributed by atoms with E-state index in [-0.39, 0.29) is 5.69 Å². The number of nitrogen functional groups attached to an aromatic ring is 1. The van der Waals surface area contributed by atoms with E-state index in [0.717, 1.165) is 10.5 Å². The lowest BCUT2D eigenvalue weighted by atomic mass is 10.2. The third-order valence-electron chi connectivity index (χ3n) is 3.03. The molecule has 0 atom stereocenters. The third kappa shape index (κ3) is 3.19. The highest BCUT2D eigenvalue weighted by Crippen LogP contribution is 2.39. The molecule has 6 heteroatoms. The number of nitrogens with two attached hydrogens (primary N) is 1. The van der Waals surface area contributed by atoms with Gasteiger partial charge in [-0.05, 0) is 35.9 Å². The fourth-order valence-corrected chi connectivity index (χ4v) is 3.15. The predicted octanol–water partition coefficient (Wildman–Crippen LogP) is 4.12. The molecule has 2 N–H and O–H groups in total. The van der Waals surface area contributed by atoms with Gasteiger partial charge in [-0.2, -0.15) is 0 Å². The minimum atomic E-state index is -0.403. The SMILES string of the molecule is Nc1ccc(SCc2cc(Cl)c3c(c2)OCCO3)cc1F. The van der Waals surface area contributed by atoms with E-state index in [4.69, 9.17) is 26.8 Å². The van der Waals surface area contributed by atoms with E-state index in [1.807, 2.05) is 12.1 Å². The van der Waals surface area contributed by atoms with E-state index in [9.17, 15) is 4.39 Å². The average Bonchev–Trinajstić information content (AvgIpc) is 2.49. The first kappa shape index (κ1) is 14.4. The van der Waals surface area contributed by atoms with Gasteiger partial charge in [0.25, 0.3) is 0 Å². The van der Waals surface area contributed by atoms with Crippen LogP contribution in [0.25, 0.3) is 0 Å². The van der Waals surface area contributed by atoms with E-state index in [1.165, 1.54) is 17.8 Å². The number of anilines is 1. The van der Waals surface area contributed by atoms with Crippen molar-refractivity contribution < 1.29 is 13.9 Å². The van der Waals surface area contributed by atoms with Gasteiger partial charge in [0.2, 0.25) is 0 Å². The maximum absolute atomic E-state index is 13.4. The van der Waals surface area contributed by atoms with Gasteiger partial charge < -0.3 is 15.2 Å². The van der Waals surface area contributed by atoms with E-state index in [2.05, 4.69) is 0 Å². The van der Waals surface area contributed by atoms with Crippen LogP contribution in [0.5, 0.6) is 11.5 Å². The summed E-state index contributed by atoms with van der Waals surface area (Å²) in [5, 5.41) is 0.534. The Labute approximate surface area is 131 Å². The maximum atomic E-state index is 13.4. The Morgan fingerprint density at radius 2 is 2.00 bits per heavy atom.